The Bertz CT molecular complexity index is 243. The molecule has 0 amide bonds. The molecule has 3 heteroatoms. The summed E-state index contributed by atoms with van der Waals surface area (Å²) in [6.07, 6.45) is 4.22. The second kappa shape index (κ2) is 3.71. The third-order valence-electron chi connectivity index (χ3n) is 3.47. The van der Waals surface area contributed by atoms with Gasteiger partial charge in [-0.05, 0) is 31.1 Å². The number of rotatable bonds is 1. The van der Waals surface area contributed by atoms with Crippen molar-refractivity contribution >= 4 is 11.8 Å². The van der Waals surface area contributed by atoms with Crippen LogP contribution in [-0.2, 0) is 14.3 Å². The van der Waals surface area contributed by atoms with Crippen LogP contribution in [0.4, 0.5) is 0 Å². The molecule has 14 heavy (non-hydrogen) atoms. The highest BCUT2D eigenvalue weighted by molar-refractivity contribution is 5.80. The number of hydrogen-bond donors (Lipinski definition) is 0. The van der Waals surface area contributed by atoms with E-state index in [1.807, 2.05) is 0 Å². The third kappa shape index (κ3) is 1.81. The van der Waals surface area contributed by atoms with Gasteiger partial charge in [0.1, 0.15) is 5.78 Å². The summed E-state index contributed by atoms with van der Waals surface area (Å²) in [4.78, 5) is 22.7. The zero-order valence-corrected chi connectivity index (χ0v) is 8.49. The van der Waals surface area contributed by atoms with Gasteiger partial charge in [-0.3, -0.25) is 9.59 Å². The van der Waals surface area contributed by atoms with Crippen molar-refractivity contribution in [2.45, 2.75) is 32.1 Å². The predicted molar refractivity (Wildman–Crippen MR) is 50.6 cm³/mol. The first-order valence-electron chi connectivity index (χ1n) is 5.28. The number of carbonyl (C=O) groups is 2. The van der Waals surface area contributed by atoms with Gasteiger partial charge in [0.15, 0.2) is 0 Å². The Labute approximate surface area is 83.8 Å². The van der Waals surface area contributed by atoms with E-state index in [2.05, 4.69) is 0 Å². The molecule has 2 aliphatic rings. The van der Waals surface area contributed by atoms with E-state index in [0.717, 1.165) is 19.3 Å². The first-order valence-corrected chi connectivity index (χ1v) is 5.28. The maximum absolute atomic E-state index is 11.4. The van der Waals surface area contributed by atoms with E-state index >= 15 is 0 Å². The molecule has 2 unspecified atom stereocenters. The molecular formula is C11H16O3. The van der Waals surface area contributed by atoms with Crippen LogP contribution in [0.3, 0.4) is 0 Å². The molecule has 0 aliphatic heterocycles. The molecular weight excluding hydrogens is 180 g/mol. The van der Waals surface area contributed by atoms with Gasteiger partial charge in [0.25, 0.3) is 0 Å². The zero-order chi connectivity index (χ0) is 10.1. The fourth-order valence-electron chi connectivity index (χ4n) is 2.98. The van der Waals surface area contributed by atoms with Gasteiger partial charge in [0.05, 0.1) is 13.0 Å². The van der Waals surface area contributed by atoms with Crippen LogP contribution in [0.2, 0.25) is 0 Å². The summed E-state index contributed by atoms with van der Waals surface area (Å²) in [7, 11) is 1.44. The second-order valence-corrected chi connectivity index (χ2v) is 4.61. The monoisotopic (exact) mass is 196 g/mol. The lowest BCUT2D eigenvalue weighted by atomic mass is 9.68. The molecule has 0 aromatic heterocycles. The van der Waals surface area contributed by atoms with Crippen molar-refractivity contribution in [3.8, 4) is 0 Å². The normalized spacial score (nSPS) is 36.6. The van der Waals surface area contributed by atoms with Gasteiger partial charge in [-0.1, -0.05) is 0 Å². The van der Waals surface area contributed by atoms with E-state index in [4.69, 9.17) is 4.74 Å². The largest absolute Gasteiger partial charge is 0.469 e. The van der Waals surface area contributed by atoms with E-state index in [9.17, 15) is 9.59 Å². The van der Waals surface area contributed by atoms with Gasteiger partial charge in [-0.2, -0.15) is 0 Å². The van der Waals surface area contributed by atoms with Crippen molar-refractivity contribution in [1.29, 1.82) is 0 Å². The second-order valence-electron chi connectivity index (χ2n) is 4.61. The standard InChI is InChI=1S/C11H16O3/c1-14-11(13)9-3-7-2-8(4-9)6-10(12)5-7/h7-9H,2-6H2,1H3. The first kappa shape index (κ1) is 9.69. The quantitative estimate of drug-likeness (QED) is 0.598. The summed E-state index contributed by atoms with van der Waals surface area (Å²) >= 11 is 0. The lowest BCUT2D eigenvalue weighted by Gasteiger charge is -2.36. The molecule has 2 saturated carbocycles. The van der Waals surface area contributed by atoms with Crippen molar-refractivity contribution in [2.24, 2.45) is 17.8 Å². The maximum Gasteiger partial charge on any atom is 0.308 e. The number of fused-ring (bicyclic) bond motifs is 2. The lowest BCUT2D eigenvalue weighted by Crippen LogP contribution is -2.34. The Morgan fingerprint density at radius 1 is 1.21 bits per heavy atom. The number of ether oxygens (including phenoxy) is 1. The van der Waals surface area contributed by atoms with E-state index in [-0.39, 0.29) is 11.9 Å². The van der Waals surface area contributed by atoms with Gasteiger partial charge in [0, 0.05) is 12.8 Å². The number of carbonyl (C=O) groups excluding carboxylic acids is 2. The van der Waals surface area contributed by atoms with Crippen LogP contribution in [0.25, 0.3) is 0 Å². The van der Waals surface area contributed by atoms with Crippen LogP contribution in [0.1, 0.15) is 32.1 Å². The molecule has 0 radical (unpaired) electrons. The lowest BCUT2D eigenvalue weighted by molar-refractivity contribution is -0.149. The number of Topliss-reactive ketones (excluding diaryl/α,β-unsaturated/α-hetero) is 1. The van der Waals surface area contributed by atoms with Crippen molar-refractivity contribution in [3.63, 3.8) is 0 Å². The fraction of sp³-hybridized carbons (Fsp3) is 0.818. The summed E-state index contributed by atoms with van der Waals surface area (Å²) < 4.78 is 4.76. The average Bonchev–Trinajstić information content (AvgIpc) is 2.14. The molecule has 2 rings (SSSR count). The minimum absolute atomic E-state index is 0.0526. The summed E-state index contributed by atoms with van der Waals surface area (Å²) in [6.45, 7) is 0. The molecule has 0 aromatic carbocycles. The highest BCUT2D eigenvalue weighted by Gasteiger charge is 2.38. The van der Waals surface area contributed by atoms with Crippen molar-refractivity contribution in [1.82, 2.24) is 0 Å². The summed E-state index contributed by atoms with van der Waals surface area (Å²) in [5, 5.41) is 0. The number of methoxy groups -OCH3 is 1. The molecule has 0 spiro atoms. The molecule has 2 aliphatic carbocycles. The number of hydrogen-bond acceptors (Lipinski definition) is 3. The SMILES string of the molecule is COC(=O)C1CC2CC(=O)CC(C2)C1. The Kier molecular flexibility index (Phi) is 2.57. The molecule has 2 atom stereocenters. The van der Waals surface area contributed by atoms with Crippen LogP contribution in [0, 0.1) is 17.8 Å². The van der Waals surface area contributed by atoms with Crippen LogP contribution < -0.4 is 0 Å². The maximum atomic E-state index is 11.4. The van der Waals surface area contributed by atoms with Crippen molar-refractivity contribution < 1.29 is 14.3 Å². The summed E-state index contributed by atoms with van der Waals surface area (Å²) in [5.41, 5.74) is 0. The van der Waals surface area contributed by atoms with Crippen LogP contribution in [-0.4, -0.2) is 18.9 Å². The predicted octanol–water partition coefficient (Wildman–Crippen LogP) is 1.55. The Balaban J connectivity index is 2.01. The zero-order valence-electron chi connectivity index (χ0n) is 8.49. The Morgan fingerprint density at radius 2 is 1.79 bits per heavy atom. The van der Waals surface area contributed by atoms with Crippen molar-refractivity contribution in [3.05, 3.63) is 0 Å². The van der Waals surface area contributed by atoms with Gasteiger partial charge in [-0.25, -0.2) is 0 Å². The minimum Gasteiger partial charge on any atom is -0.469 e. The summed E-state index contributed by atoms with van der Waals surface area (Å²) in [6, 6.07) is 0. The van der Waals surface area contributed by atoms with Crippen LogP contribution in [0.5, 0.6) is 0 Å². The van der Waals surface area contributed by atoms with Crippen LogP contribution in [0.15, 0.2) is 0 Å². The number of ketones is 1. The highest BCUT2D eigenvalue weighted by atomic mass is 16.5. The summed E-state index contributed by atoms with van der Waals surface area (Å²) in [5.74, 6) is 1.23. The van der Waals surface area contributed by atoms with Crippen LogP contribution >= 0.6 is 0 Å². The van der Waals surface area contributed by atoms with E-state index < -0.39 is 0 Å². The van der Waals surface area contributed by atoms with Gasteiger partial charge in [0.2, 0.25) is 0 Å². The fourth-order valence-corrected chi connectivity index (χ4v) is 2.98. The van der Waals surface area contributed by atoms with E-state index in [1.165, 1.54) is 7.11 Å². The molecule has 0 N–H and O–H groups in total. The molecule has 0 heterocycles. The van der Waals surface area contributed by atoms with Gasteiger partial charge in [-0.15, -0.1) is 0 Å². The van der Waals surface area contributed by atoms with Gasteiger partial charge < -0.3 is 4.74 Å². The first-order chi connectivity index (χ1) is 6.69. The molecule has 2 fully saturated rings. The van der Waals surface area contributed by atoms with E-state index in [1.54, 1.807) is 0 Å². The van der Waals surface area contributed by atoms with Crippen molar-refractivity contribution in [2.75, 3.05) is 7.11 Å². The topological polar surface area (TPSA) is 43.4 Å². The Morgan fingerprint density at radius 3 is 2.29 bits per heavy atom. The molecule has 0 saturated heterocycles. The molecule has 0 aromatic rings. The smallest absolute Gasteiger partial charge is 0.308 e. The third-order valence-corrected chi connectivity index (χ3v) is 3.47. The molecule has 3 nitrogen and oxygen atoms in total. The highest BCUT2D eigenvalue weighted by Crippen LogP contribution is 2.41. The van der Waals surface area contributed by atoms with Gasteiger partial charge >= 0.3 is 5.97 Å². The minimum atomic E-state index is -0.0888. The number of esters is 1. The molecule has 2 bridgehead atoms. The average molecular weight is 196 g/mol. The Hall–Kier alpha value is -0.860. The molecule has 78 valence electrons. The van der Waals surface area contributed by atoms with E-state index in [0.29, 0.717) is 30.5 Å².